The van der Waals surface area contributed by atoms with Crippen molar-refractivity contribution in [2.75, 3.05) is 25.1 Å². The average Bonchev–Trinajstić information content (AvgIpc) is 2.63. The number of methoxy groups -OCH3 is 1. The molecule has 2 fully saturated rings. The third kappa shape index (κ3) is 4.51. The first-order valence-corrected chi connectivity index (χ1v) is 9.80. The maximum atomic E-state index is 12.1. The van der Waals surface area contributed by atoms with E-state index in [4.69, 9.17) is 4.74 Å². The molecule has 3 rings (SSSR count). The van der Waals surface area contributed by atoms with Crippen molar-refractivity contribution < 1.29 is 14.6 Å². The predicted molar refractivity (Wildman–Crippen MR) is 99.9 cm³/mol. The molecular weight excluding hydrogens is 386 g/mol. The highest BCUT2D eigenvalue weighted by Crippen LogP contribution is 2.26. The molecule has 1 saturated carbocycles. The summed E-state index contributed by atoms with van der Waals surface area (Å²) in [5, 5.41) is 14.3. The summed E-state index contributed by atoms with van der Waals surface area (Å²) in [6.07, 6.45) is 8.30. The van der Waals surface area contributed by atoms with Gasteiger partial charge in [0.2, 0.25) is 0 Å². The SMILES string of the molecule is COC(=O)c1cc(Br)cnc1N1CC[C@H](NC2CCCCC2)[C@@H](O)C1. The smallest absolute Gasteiger partial charge is 0.341 e. The minimum Gasteiger partial charge on any atom is -0.465 e. The molecule has 0 spiro atoms. The average molecular weight is 412 g/mol. The molecule has 1 aromatic rings. The van der Waals surface area contributed by atoms with Gasteiger partial charge in [-0.2, -0.15) is 0 Å². The summed E-state index contributed by atoms with van der Waals surface area (Å²) in [6.45, 7) is 1.21. The highest BCUT2D eigenvalue weighted by Gasteiger charge is 2.32. The van der Waals surface area contributed by atoms with Gasteiger partial charge in [0.15, 0.2) is 0 Å². The van der Waals surface area contributed by atoms with Gasteiger partial charge in [0.05, 0.1) is 13.2 Å². The molecule has 2 N–H and O–H groups in total. The Labute approximate surface area is 157 Å². The van der Waals surface area contributed by atoms with Crippen molar-refractivity contribution in [1.82, 2.24) is 10.3 Å². The first-order valence-electron chi connectivity index (χ1n) is 9.01. The zero-order valence-corrected chi connectivity index (χ0v) is 16.2. The first kappa shape index (κ1) is 18.6. The first-order chi connectivity index (χ1) is 12.1. The Hall–Kier alpha value is -1.18. The number of nitrogens with zero attached hydrogens (tertiary/aromatic N) is 2. The monoisotopic (exact) mass is 411 g/mol. The number of carbonyl (C=O) groups excluding carboxylic acids is 1. The van der Waals surface area contributed by atoms with Crippen LogP contribution in [0, 0.1) is 0 Å². The number of anilines is 1. The van der Waals surface area contributed by atoms with E-state index < -0.39 is 12.1 Å². The topological polar surface area (TPSA) is 74.7 Å². The number of nitrogens with one attached hydrogen (secondary N) is 1. The highest BCUT2D eigenvalue weighted by molar-refractivity contribution is 9.10. The van der Waals surface area contributed by atoms with E-state index in [1.165, 1.54) is 39.2 Å². The Morgan fingerprint density at radius 3 is 2.80 bits per heavy atom. The van der Waals surface area contributed by atoms with Crippen LogP contribution in [0.1, 0.15) is 48.9 Å². The lowest BCUT2D eigenvalue weighted by atomic mass is 9.92. The number of hydrogen-bond donors (Lipinski definition) is 2. The summed E-state index contributed by atoms with van der Waals surface area (Å²) in [4.78, 5) is 18.4. The number of rotatable bonds is 4. The summed E-state index contributed by atoms with van der Waals surface area (Å²) in [6, 6.07) is 2.35. The van der Waals surface area contributed by atoms with E-state index in [0.29, 0.717) is 24.0 Å². The number of aliphatic hydroxyl groups excluding tert-OH is 1. The molecule has 1 saturated heterocycles. The van der Waals surface area contributed by atoms with E-state index >= 15 is 0 Å². The number of ether oxygens (including phenoxy) is 1. The molecule has 7 heteroatoms. The molecule has 1 aliphatic carbocycles. The molecule has 1 aliphatic heterocycles. The molecule has 6 nitrogen and oxygen atoms in total. The van der Waals surface area contributed by atoms with Crippen molar-refractivity contribution in [3.8, 4) is 0 Å². The molecule has 0 radical (unpaired) electrons. The van der Waals surface area contributed by atoms with E-state index in [0.717, 1.165) is 17.4 Å². The third-order valence-electron chi connectivity index (χ3n) is 5.18. The molecule has 2 aliphatic rings. The molecular formula is C18H26BrN3O3. The van der Waals surface area contributed by atoms with E-state index in [2.05, 4.69) is 26.2 Å². The lowest BCUT2D eigenvalue weighted by molar-refractivity contribution is 0.0599. The molecule has 0 amide bonds. The fraction of sp³-hybridized carbons (Fsp3) is 0.667. The number of esters is 1. The second-order valence-corrected chi connectivity index (χ2v) is 7.84. The lowest BCUT2D eigenvalue weighted by Gasteiger charge is -2.39. The Morgan fingerprint density at radius 2 is 2.12 bits per heavy atom. The maximum Gasteiger partial charge on any atom is 0.341 e. The summed E-state index contributed by atoms with van der Waals surface area (Å²) in [7, 11) is 1.36. The number of pyridine rings is 1. The summed E-state index contributed by atoms with van der Waals surface area (Å²) >= 11 is 3.35. The third-order valence-corrected chi connectivity index (χ3v) is 5.61. The predicted octanol–water partition coefficient (Wildman–Crippen LogP) is 2.49. The van der Waals surface area contributed by atoms with Crippen LogP contribution in [0.25, 0.3) is 0 Å². The van der Waals surface area contributed by atoms with Crippen LogP contribution in [0.3, 0.4) is 0 Å². The van der Waals surface area contributed by atoms with Crippen LogP contribution in [0.2, 0.25) is 0 Å². The number of hydrogen-bond acceptors (Lipinski definition) is 6. The number of carbonyl (C=O) groups is 1. The minimum absolute atomic E-state index is 0.108. The van der Waals surface area contributed by atoms with Gasteiger partial charge in [0.1, 0.15) is 11.4 Å². The minimum atomic E-state index is -0.480. The van der Waals surface area contributed by atoms with Gasteiger partial charge in [-0.3, -0.25) is 0 Å². The lowest BCUT2D eigenvalue weighted by Crippen LogP contribution is -2.55. The number of β-amino-alcohol motifs (C(OH)–C–C–N with tert-alkyl or cyclic N) is 1. The highest BCUT2D eigenvalue weighted by atomic mass is 79.9. The van der Waals surface area contributed by atoms with E-state index in [-0.39, 0.29) is 6.04 Å². The molecule has 2 heterocycles. The fourth-order valence-corrected chi connectivity index (χ4v) is 4.17. The molecule has 1 aromatic heterocycles. The van der Waals surface area contributed by atoms with Crippen molar-refractivity contribution in [1.29, 1.82) is 0 Å². The van der Waals surface area contributed by atoms with Gasteiger partial charge in [-0.25, -0.2) is 9.78 Å². The summed E-state index contributed by atoms with van der Waals surface area (Å²) in [5.74, 6) is 0.158. The van der Waals surface area contributed by atoms with Gasteiger partial charge < -0.3 is 20.1 Å². The van der Waals surface area contributed by atoms with E-state index in [1.807, 2.05) is 4.90 Å². The van der Waals surface area contributed by atoms with Crippen molar-refractivity contribution in [2.24, 2.45) is 0 Å². The van der Waals surface area contributed by atoms with E-state index in [9.17, 15) is 9.90 Å². The summed E-state index contributed by atoms with van der Waals surface area (Å²) in [5.41, 5.74) is 0.419. The quantitative estimate of drug-likeness (QED) is 0.741. The summed E-state index contributed by atoms with van der Waals surface area (Å²) < 4.78 is 5.60. The van der Waals surface area contributed by atoms with Gasteiger partial charge >= 0.3 is 5.97 Å². The van der Waals surface area contributed by atoms with Crippen molar-refractivity contribution in [2.45, 2.75) is 56.7 Å². The molecule has 0 aromatic carbocycles. The van der Waals surface area contributed by atoms with Crippen molar-refractivity contribution >= 4 is 27.7 Å². The van der Waals surface area contributed by atoms with Crippen molar-refractivity contribution in [3.05, 3.63) is 22.3 Å². The number of piperidine rings is 1. The van der Waals surface area contributed by atoms with Crippen LogP contribution in [0.4, 0.5) is 5.82 Å². The van der Waals surface area contributed by atoms with Crippen molar-refractivity contribution in [3.63, 3.8) is 0 Å². The number of aliphatic hydroxyl groups is 1. The second-order valence-electron chi connectivity index (χ2n) is 6.93. The van der Waals surface area contributed by atoms with E-state index in [1.54, 1.807) is 12.3 Å². The van der Waals surface area contributed by atoms with Crippen LogP contribution in [-0.2, 0) is 4.74 Å². The van der Waals surface area contributed by atoms with Gasteiger partial charge in [0.25, 0.3) is 0 Å². The molecule has 0 bridgehead atoms. The van der Waals surface area contributed by atoms with Gasteiger partial charge in [-0.05, 0) is 41.3 Å². The fourth-order valence-electron chi connectivity index (χ4n) is 3.83. The Balaban J connectivity index is 1.67. The van der Waals surface area contributed by atoms with Crippen LogP contribution >= 0.6 is 15.9 Å². The largest absolute Gasteiger partial charge is 0.465 e. The number of aromatic nitrogens is 1. The standard InChI is InChI=1S/C18H26BrN3O3/c1-25-18(24)14-9-12(19)10-20-17(14)22-8-7-15(16(23)11-22)21-13-5-3-2-4-6-13/h9-10,13,15-16,21,23H,2-8,11H2,1H3/t15-,16-/m0/s1. The maximum absolute atomic E-state index is 12.1. The van der Waals surface area contributed by atoms with Gasteiger partial charge in [0, 0.05) is 35.8 Å². The zero-order valence-electron chi connectivity index (χ0n) is 14.6. The Kier molecular flexibility index (Phi) is 6.30. The van der Waals surface area contributed by atoms with Crippen LogP contribution < -0.4 is 10.2 Å². The second kappa shape index (κ2) is 8.47. The van der Waals surface area contributed by atoms with Crippen LogP contribution in [-0.4, -0.2) is 54.4 Å². The van der Waals surface area contributed by atoms with Gasteiger partial charge in [-0.15, -0.1) is 0 Å². The Bertz CT molecular complexity index is 607. The molecule has 0 unspecified atom stereocenters. The zero-order chi connectivity index (χ0) is 17.8. The van der Waals surface area contributed by atoms with Crippen LogP contribution in [0.15, 0.2) is 16.7 Å². The molecule has 25 heavy (non-hydrogen) atoms. The number of halogens is 1. The molecule has 138 valence electrons. The van der Waals surface area contributed by atoms with Crippen LogP contribution in [0.5, 0.6) is 0 Å². The normalized spacial score (nSPS) is 25.0. The van der Waals surface area contributed by atoms with Gasteiger partial charge in [-0.1, -0.05) is 19.3 Å². The molecule has 2 atom stereocenters. The Morgan fingerprint density at radius 1 is 1.36 bits per heavy atom.